The number of oxazole rings is 1. The first-order valence-corrected chi connectivity index (χ1v) is 7.94. The SMILES string of the molecule is O=C1[C@@H](Nc2ccc3oc(=O)[nH]c3c2)CCN1c1ccc(Cl)cc1. The minimum atomic E-state index is -0.493. The smallest absolute Gasteiger partial charge is 0.408 e. The van der Waals surface area contributed by atoms with Crippen LogP contribution in [-0.2, 0) is 4.79 Å². The van der Waals surface area contributed by atoms with Crippen molar-refractivity contribution in [2.45, 2.75) is 12.5 Å². The number of H-pyrrole nitrogens is 1. The van der Waals surface area contributed by atoms with Crippen LogP contribution in [0.2, 0.25) is 5.02 Å². The highest BCUT2D eigenvalue weighted by atomic mass is 35.5. The van der Waals surface area contributed by atoms with Crippen molar-refractivity contribution in [1.82, 2.24) is 4.98 Å². The van der Waals surface area contributed by atoms with Crippen LogP contribution in [0.25, 0.3) is 11.1 Å². The summed E-state index contributed by atoms with van der Waals surface area (Å²) in [6, 6.07) is 12.2. The van der Waals surface area contributed by atoms with Gasteiger partial charge < -0.3 is 14.6 Å². The van der Waals surface area contributed by atoms with Gasteiger partial charge in [-0.15, -0.1) is 0 Å². The Bertz CT molecular complexity index is 961. The van der Waals surface area contributed by atoms with Crippen LogP contribution >= 0.6 is 11.6 Å². The molecule has 0 unspecified atom stereocenters. The molecule has 2 heterocycles. The van der Waals surface area contributed by atoms with E-state index in [0.717, 1.165) is 11.4 Å². The van der Waals surface area contributed by atoms with Crippen molar-refractivity contribution in [2.75, 3.05) is 16.8 Å². The Kier molecular flexibility index (Phi) is 3.54. The summed E-state index contributed by atoms with van der Waals surface area (Å²) >= 11 is 5.89. The van der Waals surface area contributed by atoms with Gasteiger partial charge in [0.25, 0.3) is 0 Å². The molecule has 2 aromatic carbocycles. The molecule has 24 heavy (non-hydrogen) atoms. The lowest BCUT2D eigenvalue weighted by atomic mass is 10.2. The number of halogens is 1. The van der Waals surface area contributed by atoms with Crippen molar-refractivity contribution in [3.8, 4) is 0 Å². The molecule has 0 aliphatic carbocycles. The number of aromatic nitrogens is 1. The van der Waals surface area contributed by atoms with Crippen LogP contribution in [0.15, 0.2) is 51.7 Å². The van der Waals surface area contributed by atoms with Crippen LogP contribution in [-0.4, -0.2) is 23.5 Å². The number of hydrogen-bond acceptors (Lipinski definition) is 4. The fraction of sp³-hybridized carbons (Fsp3) is 0.176. The molecule has 1 aromatic heterocycles. The van der Waals surface area contributed by atoms with Crippen LogP contribution in [0.1, 0.15) is 6.42 Å². The third-order valence-electron chi connectivity index (χ3n) is 4.10. The molecule has 4 rings (SSSR count). The van der Waals surface area contributed by atoms with E-state index in [0.29, 0.717) is 29.1 Å². The topological polar surface area (TPSA) is 78.3 Å². The molecule has 3 aromatic rings. The Morgan fingerprint density at radius 1 is 1.17 bits per heavy atom. The summed E-state index contributed by atoms with van der Waals surface area (Å²) in [6.07, 6.45) is 0.696. The molecule has 1 saturated heterocycles. The van der Waals surface area contributed by atoms with Crippen LogP contribution in [0, 0.1) is 0 Å². The standard InChI is InChI=1S/C17H14ClN3O3/c18-10-1-4-12(5-2-10)21-8-7-13(16(21)22)19-11-3-6-15-14(9-11)20-17(23)24-15/h1-6,9,13,19H,7-8H2,(H,20,23)/t13-/m0/s1. The second kappa shape index (κ2) is 5.72. The molecule has 1 atom stereocenters. The summed E-state index contributed by atoms with van der Waals surface area (Å²) in [6.45, 7) is 0.642. The van der Waals surface area contributed by atoms with E-state index >= 15 is 0 Å². The molecule has 0 saturated carbocycles. The summed E-state index contributed by atoms with van der Waals surface area (Å²) in [5.74, 6) is -0.480. The second-order valence-electron chi connectivity index (χ2n) is 5.68. The predicted molar refractivity (Wildman–Crippen MR) is 92.7 cm³/mol. The van der Waals surface area contributed by atoms with Gasteiger partial charge >= 0.3 is 5.76 Å². The maximum atomic E-state index is 12.6. The summed E-state index contributed by atoms with van der Waals surface area (Å²) < 4.78 is 4.97. The number of amides is 1. The van der Waals surface area contributed by atoms with E-state index in [1.807, 2.05) is 12.1 Å². The van der Waals surface area contributed by atoms with Crippen molar-refractivity contribution < 1.29 is 9.21 Å². The van der Waals surface area contributed by atoms with Gasteiger partial charge in [-0.25, -0.2) is 4.79 Å². The minimum Gasteiger partial charge on any atom is -0.408 e. The number of fused-ring (bicyclic) bond motifs is 1. The number of carbonyl (C=O) groups is 1. The van der Waals surface area contributed by atoms with Crippen molar-refractivity contribution in [3.05, 3.63) is 58.0 Å². The lowest BCUT2D eigenvalue weighted by Crippen LogP contribution is -2.33. The highest BCUT2D eigenvalue weighted by Crippen LogP contribution is 2.26. The Morgan fingerprint density at radius 3 is 2.75 bits per heavy atom. The average molecular weight is 344 g/mol. The molecule has 2 N–H and O–H groups in total. The summed E-state index contributed by atoms with van der Waals surface area (Å²) in [5, 5.41) is 3.86. The molecule has 7 heteroatoms. The van der Waals surface area contributed by atoms with Crippen LogP contribution in [0.3, 0.4) is 0 Å². The van der Waals surface area contributed by atoms with Crippen molar-refractivity contribution in [3.63, 3.8) is 0 Å². The normalized spacial score (nSPS) is 17.6. The summed E-state index contributed by atoms with van der Waals surface area (Å²) in [7, 11) is 0. The largest absolute Gasteiger partial charge is 0.417 e. The Balaban J connectivity index is 1.53. The fourth-order valence-electron chi connectivity index (χ4n) is 2.93. The van der Waals surface area contributed by atoms with Crippen LogP contribution < -0.4 is 16.0 Å². The first-order chi connectivity index (χ1) is 11.6. The third kappa shape index (κ3) is 2.65. The highest BCUT2D eigenvalue weighted by Gasteiger charge is 2.32. The number of carbonyl (C=O) groups excluding carboxylic acids is 1. The summed E-state index contributed by atoms with van der Waals surface area (Å²) in [4.78, 5) is 28.2. The van der Waals surface area contributed by atoms with E-state index in [-0.39, 0.29) is 11.9 Å². The van der Waals surface area contributed by atoms with Gasteiger partial charge in [0.05, 0.1) is 5.52 Å². The van der Waals surface area contributed by atoms with Crippen molar-refractivity contribution in [2.24, 2.45) is 0 Å². The van der Waals surface area contributed by atoms with Crippen LogP contribution in [0.4, 0.5) is 11.4 Å². The van der Waals surface area contributed by atoms with Crippen molar-refractivity contribution in [1.29, 1.82) is 0 Å². The van der Waals surface area contributed by atoms with E-state index in [1.165, 1.54) is 0 Å². The predicted octanol–water partition coefficient (Wildman–Crippen LogP) is 2.99. The third-order valence-corrected chi connectivity index (χ3v) is 4.36. The van der Waals surface area contributed by atoms with Gasteiger partial charge in [0, 0.05) is 22.9 Å². The van der Waals surface area contributed by atoms with E-state index in [4.69, 9.17) is 16.0 Å². The lowest BCUT2D eigenvalue weighted by molar-refractivity contribution is -0.117. The zero-order valence-electron chi connectivity index (χ0n) is 12.6. The zero-order chi connectivity index (χ0) is 16.7. The average Bonchev–Trinajstić information content (AvgIpc) is 3.11. The molecule has 1 aliphatic rings. The van der Waals surface area contributed by atoms with E-state index in [9.17, 15) is 9.59 Å². The molecule has 1 amide bonds. The number of nitrogens with zero attached hydrogens (tertiary/aromatic N) is 1. The highest BCUT2D eigenvalue weighted by molar-refractivity contribution is 6.30. The maximum absolute atomic E-state index is 12.6. The molecule has 6 nitrogen and oxygen atoms in total. The Labute approximate surface area is 142 Å². The number of aromatic amines is 1. The monoisotopic (exact) mass is 343 g/mol. The van der Waals surface area contributed by atoms with Gasteiger partial charge in [0.2, 0.25) is 5.91 Å². The number of nitrogens with one attached hydrogen (secondary N) is 2. The number of benzene rings is 2. The van der Waals surface area contributed by atoms with E-state index < -0.39 is 5.76 Å². The first-order valence-electron chi connectivity index (χ1n) is 7.56. The molecule has 1 aliphatic heterocycles. The van der Waals surface area contributed by atoms with Crippen molar-refractivity contribution >= 4 is 40.0 Å². The van der Waals surface area contributed by atoms with Gasteiger partial charge in [-0.05, 0) is 48.9 Å². The van der Waals surface area contributed by atoms with Gasteiger partial charge in [-0.3, -0.25) is 9.78 Å². The molecule has 0 bridgehead atoms. The molecule has 0 spiro atoms. The van der Waals surface area contributed by atoms with Crippen LogP contribution in [0.5, 0.6) is 0 Å². The lowest BCUT2D eigenvalue weighted by Gasteiger charge is -2.17. The maximum Gasteiger partial charge on any atom is 0.417 e. The van der Waals surface area contributed by atoms with Gasteiger partial charge in [0.15, 0.2) is 5.58 Å². The number of rotatable bonds is 3. The Hall–Kier alpha value is -2.73. The fourth-order valence-corrected chi connectivity index (χ4v) is 3.06. The Morgan fingerprint density at radius 2 is 1.96 bits per heavy atom. The molecule has 122 valence electrons. The first kappa shape index (κ1) is 14.8. The minimum absolute atomic E-state index is 0.0121. The zero-order valence-corrected chi connectivity index (χ0v) is 13.3. The summed E-state index contributed by atoms with van der Waals surface area (Å²) in [5.41, 5.74) is 2.69. The number of hydrogen-bond donors (Lipinski definition) is 2. The number of anilines is 2. The molecule has 1 fully saturated rings. The van der Waals surface area contributed by atoms with Gasteiger partial charge in [-0.1, -0.05) is 11.6 Å². The van der Waals surface area contributed by atoms with Gasteiger partial charge in [-0.2, -0.15) is 0 Å². The molecular formula is C17H14ClN3O3. The second-order valence-corrected chi connectivity index (χ2v) is 6.11. The molecule has 0 radical (unpaired) electrons. The van der Waals surface area contributed by atoms with E-state index in [2.05, 4.69) is 10.3 Å². The van der Waals surface area contributed by atoms with E-state index in [1.54, 1.807) is 35.2 Å². The molecular weight excluding hydrogens is 330 g/mol. The quantitative estimate of drug-likeness (QED) is 0.766. The van der Waals surface area contributed by atoms with Gasteiger partial charge in [0.1, 0.15) is 6.04 Å².